The number of aromatic nitrogens is 2. The van der Waals surface area contributed by atoms with Crippen molar-refractivity contribution in [2.24, 2.45) is 0 Å². The maximum absolute atomic E-state index is 12.0. The van der Waals surface area contributed by atoms with E-state index in [4.69, 9.17) is 17.3 Å². The van der Waals surface area contributed by atoms with Crippen LogP contribution in [0.5, 0.6) is 23.0 Å². The first-order chi connectivity index (χ1) is 29.4. The van der Waals surface area contributed by atoms with Crippen LogP contribution in [0.15, 0.2) is 102 Å². The van der Waals surface area contributed by atoms with Crippen molar-refractivity contribution in [2.75, 3.05) is 11.1 Å². The second kappa shape index (κ2) is 21.4. The van der Waals surface area contributed by atoms with Gasteiger partial charge in [0.2, 0.25) is 11.5 Å². The van der Waals surface area contributed by atoms with Crippen molar-refractivity contribution in [1.82, 2.24) is 9.97 Å². The van der Waals surface area contributed by atoms with E-state index >= 15 is 0 Å². The van der Waals surface area contributed by atoms with E-state index in [1.54, 1.807) is 19.9 Å². The lowest BCUT2D eigenvalue weighted by Gasteiger charge is -2.10. The number of ketones is 1. The highest BCUT2D eigenvalue weighted by molar-refractivity contribution is 6.29. The third kappa shape index (κ3) is 19.4. The normalized spacial score (nSPS) is 11.4. The van der Waals surface area contributed by atoms with Crippen molar-refractivity contribution < 1.29 is 81.2 Å². The average Bonchev–Trinajstić information content (AvgIpc) is 3.12. The maximum Gasteiger partial charge on any atom is 0.573 e. The van der Waals surface area contributed by atoms with Gasteiger partial charge in [0.25, 0.3) is 0 Å². The number of amides is 1. The van der Waals surface area contributed by atoms with Crippen LogP contribution in [0.3, 0.4) is 0 Å². The van der Waals surface area contributed by atoms with Crippen molar-refractivity contribution in [3.05, 3.63) is 124 Å². The molecule has 0 aliphatic heterocycles. The molecule has 6 rings (SSSR count). The Hall–Kier alpha value is -6.91. The monoisotopic (exact) mass is 942 g/mol. The number of anilines is 2. The fraction of sp³-hybridized carbons (Fsp3) is 0.200. The zero-order chi connectivity index (χ0) is 48.2. The SMILES string of the molecule is CC(=O)CC(=O)Nc1ccc(OC(F)(F)F)cc1.Cc1cc(=O)[nH]c2ccc(OC(F)(F)F)cc12.Cc1cc(Cl)nc2ccc(OC(F)(F)F)cc12.Nc1ccc(OC(F)(F)F)cc1. The minimum absolute atomic E-state index is 0.266. The summed E-state index contributed by atoms with van der Waals surface area (Å²) in [5.41, 5.74) is 7.99. The Morgan fingerprint density at radius 3 is 1.53 bits per heavy atom. The largest absolute Gasteiger partial charge is 0.573 e. The second-order valence-corrected chi connectivity index (χ2v) is 13.1. The molecule has 0 spiro atoms. The lowest BCUT2D eigenvalue weighted by Crippen LogP contribution is -2.17. The number of carbonyl (C=O) groups is 2. The fourth-order valence-corrected chi connectivity index (χ4v) is 5.22. The number of rotatable bonds is 7. The number of aryl methyl sites for hydroxylation is 2. The van der Waals surface area contributed by atoms with Crippen molar-refractivity contribution in [3.63, 3.8) is 0 Å². The number of nitrogen functional groups attached to an aromatic ring is 1. The van der Waals surface area contributed by atoms with Gasteiger partial charge in [-0.1, -0.05) is 11.6 Å². The van der Waals surface area contributed by atoms with Gasteiger partial charge >= 0.3 is 25.4 Å². The first kappa shape index (κ1) is 51.4. The second-order valence-electron chi connectivity index (χ2n) is 12.7. The van der Waals surface area contributed by atoms with Crippen LogP contribution < -0.4 is 35.6 Å². The lowest BCUT2D eigenvalue weighted by molar-refractivity contribution is -0.275. The Bertz CT molecular complexity index is 2580. The first-order valence-electron chi connectivity index (χ1n) is 17.4. The summed E-state index contributed by atoms with van der Waals surface area (Å²) in [7, 11) is 0. The van der Waals surface area contributed by atoms with Gasteiger partial charge in [0, 0.05) is 33.7 Å². The summed E-state index contributed by atoms with van der Waals surface area (Å²) in [5.74, 6) is -2.04. The Labute approximate surface area is 357 Å². The molecule has 0 unspecified atom stereocenters. The predicted octanol–water partition coefficient (Wildman–Crippen LogP) is 11.5. The van der Waals surface area contributed by atoms with E-state index in [0.29, 0.717) is 38.2 Å². The lowest BCUT2D eigenvalue weighted by atomic mass is 10.1. The molecule has 0 radical (unpaired) electrons. The molecule has 344 valence electrons. The molecular formula is C40H31ClF12N4O7. The van der Waals surface area contributed by atoms with E-state index < -0.39 is 31.4 Å². The van der Waals surface area contributed by atoms with Gasteiger partial charge in [-0.15, -0.1) is 52.7 Å². The highest BCUT2D eigenvalue weighted by atomic mass is 35.5. The Kier molecular flexibility index (Phi) is 17.2. The molecule has 1 amide bonds. The quantitative estimate of drug-likeness (QED) is 0.0614. The summed E-state index contributed by atoms with van der Waals surface area (Å²) in [4.78, 5) is 39.5. The van der Waals surface area contributed by atoms with Gasteiger partial charge in [-0.2, -0.15) is 0 Å². The molecule has 0 aliphatic carbocycles. The van der Waals surface area contributed by atoms with Gasteiger partial charge in [-0.3, -0.25) is 14.4 Å². The summed E-state index contributed by atoms with van der Waals surface area (Å²) >= 11 is 5.75. The Morgan fingerprint density at radius 2 is 1.05 bits per heavy atom. The number of fused-ring (bicyclic) bond motifs is 2. The van der Waals surface area contributed by atoms with Crippen LogP contribution in [0.1, 0.15) is 24.5 Å². The van der Waals surface area contributed by atoms with Crippen molar-refractivity contribution in [2.45, 2.75) is 52.6 Å². The number of Topliss-reactive ketones (excluding diaryl/α,β-unsaturated/α-hetero) is 1. The Balaban J connectivity index is 0.000000229. The zero-order valence-electron chi connectivity index (χ0n) is 32.7. The van der Waals surface area contributed by atoms with Crippen LogP contribution in [0.2, 0.25) is 5.15 Å². The van der Waals surface area contributed by atoms with Crippen LogP contribution in [0.4, 0.5) is 64.1 Å². The van der Waals surface area contributed by atoms with Crippen LogP contribution in [-0.2, 0) is 9.59 Å². The highest BCUT2D eigenvalue weighted by Gasteiger charge is 2.33. The smallest absolute Gasteiger partial charge is 0.406 e. The number of halogens is 13. The molecule has 4 N–H and O–H groups in total. The number of hydrogen-bond acceptors (Lipinski definition) is 9. The van der Waals surface area contributed by atoms with E-state index in [1.807, 2.05) is 0 Å². The maximum atomic E-state index is 12.0. The number of ether oxygens (including phenoxy) is 4. The van der Waals surface area contributed by atoms with Gasteiger partial charge in [0.15, 0.2) is 0 Å². The molecule has 64 heavy (non-hydrogen) atoms. The first-order valence-corrected chi connectivity index (χ1v) is 17.8. The molecule has 6 aromatic rings. The van der Waals surface area contributed by atoms with E-state index in [1.165, 1.54) is 67.6 Å². The van der Waals surface area contributed by atoms with E-state index in [9.17, 15) is 67.1 Å². The number of nitrogens with zero attached hydrogens (tertiary/aromatic N) is 1. The molecule has 0 aliphatic rings. The minimum atomic E-state index is -4.75. The average molecular weight is 943 g/mol. The molecule has 0 saturated carbocycles. The number of carbonyl (C=O) groups excluding carboxylic acids is 2. The zero-order valence-corrected chi connectivity index (χ0v) is 33.5. The standard InChI is InChI=1S/C11H7ClF3NO.C11H10F3NO3.C11H8F3NO2.C7H6F3NO/c1-6-4-10(12)16-9-3-2-7(5-8(6)9)17-11(13,14)15;1-7(16)6-10(17)15-8-2-4-9(5-3-8)18-11(12,13)14;1-6-4-10(16)15-9-3-2-7(5-8(6)9)17-11(12,13)14;8-7(9,10)12-6-3-1-5(11)2-4-6/h2-5H,1H3;2-5H,6H2,1H3,(H,15,17);2-5H,1H3,(H,15,16);1-4H,11H2. The molecule has 2 aromatic heterocycles. The summed E-state index contributed by atoms with van der Waals surface area (Å²) in [6, 6.07) is 20.2. The summed E-state index contributed by atoms with van der Waals surface area (Å²) in [6.07, 6.45) is -19.1. The third-order valence-corrected chi connectivity index (χ3v) is 7.53. The summed E-state index contributed by atoms with van der Waals surface area (Å²) in [5, 5.41) is 3.77. The van der Waals surface area contributed by atoms with Crippen molar-refractivity contribution >= 4 is 56.5 Å². The molecule has 24 heteroatoms. The molecule has 2 heterocycles. The molecule has 11 nitrogen and oxygen atoms in total. The van der Waals surface area contributed by atoms with Crippen molar-refractivity contribution in [1.29, 1.82) is 0 Å². The van der Waals surface area contributed by atoms with Crippen LogP contribution in [0, 0.1) is 13.8 Å². The number of aromatic amines is 1. The van der Waals surface area contributed by atoms with Crippen LogP contribution >= 0.6 is 11.6 Å². The van der Waals surface area contributed by atoms with Gasteiger partial charge in [-0.25, -0.2) is 4.98 Å². The fourth-order valence-electron chi connectivity index (χ4n) is 4.97. The predicted molar refractivity (Wildman–Crippen MR) is 209 cm³/mol. The Morgan fingerprint density at radius 1 is 0.625 bits per heavy atom. The van der Waals surface area contributed by atoms with Crippen LogP contribution in [-0.4, -0.2) is 47.1 Å². The number of alkyl halides is 12. The van der Waals surface area contributed by atoms with E-state index in [2.05, 4.69) is 34.2 Å². The number of hydrogen-bond donors (Lipinski definition) is 3. The molecule has 0 fully saturated rings. The third-order valence-electron chi connectivity index (χ3n) is 7.34. The topological polar surface area (TPSA) is 155 Å². The minimum Gasteiger partial charge on any atom is -0.406 e. The number of pyridine rings is 2. The molecule has 0 atom stereocenters. The number of H-pyrrole nitrogens is 1. The van der Waals surface area contributed by atoms with Crippen LogP contribution in [0.25, 0.3) is 21.8 Å². The van der Waals surface area contributed by atoms with E-state index in [-0.39, 0.29) is 46.4 Å². The van der Waals surface area contributed by atoms with E-state index in [0.717, 1.165) is 35.9 Å². The highest BCUT2D eigenvalue weighted by Crippen LogP contribution is 2.30. The number of nitrogens with two attached hydrogens (primary N) is 1. The van der Waals surface area contributed by atoms with Gasteiger partial charge in [0.1, 0.15) is 33.9 Å². The number of benzene rings is 4. The molecule has 4 aromatic carbocycles. The molecular weight excluding hydrogens is 912 g/mol. The molecule has 0 bridgehead atoms. The summed E-state index contributed by atoms with van der Waals surface area (Å²) < 4.78 is 157. The number of nitrogens with one attached hydrogen (secondary N) is 2. The van der Waals surface area contributed by atoms with Gasteiger partial charge in [0.05, 0.1) is 11.9 Å². The molecule has 0 saturated heterocycles. The van der Waals surface area contributed by atoms with Gasteiger partial charge in [-0.05, 0) is 123 Å². The summed E-state index contributed by atoms with van der Waals surface area (Å²) in [6.45, 7) is 4.65. The van der Waals surface area contributed by atoms with Gasteiger partial charge < -0.3 is 35.0 Å². The van der Waals surface area contributed by atoms with Crippen molar-refractivity contribution in [3.8, 4) is 23.0 Å².